The Morgan fingerprint density at radius 1 is 1.35 bits per heavy atom. The van der Waals surface area contributed by atoms with Crippen LogP contribution in [0, 0.1) is 11.8 Å². The van der Waals surface area contributed by atoms with E-state index in [1.54, 1.807) is 0 Å². The number of hydrogen-bond donors (Lipinski definition) is 1. The Morgan fingerprint density at radius 2 is 2.06 bits per heavy atom. The van der Waals surface area contributed by atoms with E-state index in [0.717, 1.165) is 19.5 Å². The third-order valence-electron chi connectivity index (χ3n) is 3.80. The standard InChI is InChI=1S/C14H26N2O/c1-10(2)9-16(12-4-5-12)14(17)13-8-11(3)6-7-15-13/h10-13,15H,4-9H2,1-3H3. The zero-order chi connectivity index (χ0) is 12.4. The maximum absolute atomic E-state index is 12.5. The van der Waals surface area contributed by atoms with Gasteiger partial charge < -0.3 is 10.2 Å². The maximum atomic E-state index is 12.5. The molecule has 2 unspecified atom stereocenters. The molecule has 0 aromatic carbocycles. The van der Waals surface area contributed by atoms with Gasteiger partial charge in [-0.15, -0.1) is 0 Å². The summed E-state index contributed by atoms with van der Waals surface area (Å²) >= 11 is 0. The fourth-order valence-electron chi connectivity index (χ4n) is 2.69. The Kier molecular flexibility index (Phi) is 4.08. The average Bonchev–Trinajstić information content (AvgIpc) is 3.08. The molecule has 1 heterocycles. The van der Waals surface area contributed by atoms with E-state index in [4.69, 9.17) is 0 Å². The molecule has 1 N–H and O–H groups in total. The summed E-state index contributed by atoms with van der Waals surface area (Å²) in [6.07, 6.45) is 4.64. The number of hydrogen-bond acceptors (Lipinski definition) is 2. The van der Waals surface area contributed by atoms with Crippen molar-refractivity contribution < 1.29 is 4.79 Å². The van der Waals surface area contributed by atoms with Crippen LogP contribution in [0.2, 0.25) is 0 Å². The van der Waals surface area contributed by atoms with E-state index in [1.807, 2.05) is 0 Å². The van der Waals surface area contributed by atoms with E-state index in [2.05, 4.69) is 31.0 Å². The van der Waals surface area contributed by atoms with Crippen LogP contribution < -0.4 is 5.32 Å². The van der Waals surface area contributed by atoms with Gasteiger partial charge in [-0.05, 0) is 44.1 Å². The molecule has 1 saturated heterocycles. The zero-order valence-electron chi connectivity index (χ0n) is 11.4. The van der Waals surface area contributed by atoms with Crippen molar-refractivity contribution in [1.82, 2.24) is 10.2 Å². The van der Waals surface area contributed by atoms with Gasteiger partial charge in [0.05, 0.1) is 6.04 Å². The predicted octanol–water partition coefficient (Wildman–Crippen LogP) is 2.02. The number of nitrogens with zero attached hydrogens (tertiary/aromatic N) is 1. The van der Waals surface area contributed by atoms with Crippen LogP contribution in [0.25, 0.3) is 0 Å². The second-order valence-electron chi connectivity index (χ2n) is 6.25. The van der Waals surface area contributed by atoms with Crippen LogP contribution in [-0.4, -0.2) is 36.0 Å². The quantitative estimate of drug-likeness (QED) is 0.812. The molecular weight excluding hydrogens is 212 g/mol. The number of piperidine rings is 1. The first kappa shape index (κ1) is 12.9. The van der Waals surface area contributed by atoms with E-state index in [1.165, 1.54) is 19.3 Å². The Labute approximate surface area is 105 Å². The minimum atomic E-state index is 0.0816. The zero-order valence-corrected chi connectivity index (χ0v) is 11.4. The minimum Gasteiger partial charge on any atom is -0.338 e. The summed E-state index contributed by atoms with van der Waals surface area (Å²) in [6.45, 7) is 8.57. The van der Waals surface area contributed by atoms with Gasteiger partial charge in [0.15, 0.2) is 0 Å². The molecule has 2 atom stereocenters. The highest BCUT2D eigenvalue weighted by Gasteiger charge is 2.37. The number of amides is 1. The average molecular weight is 238 g/mol. The van der Waals surface area contributed by atoms with Crippen molar-refractivity contribution in [1.29, 1.82) is 0 Å². The molecule has 0 aromatic heterocycles. The van der Waals surface area contributed by atoms with Crippen LogP contribution in [0.1, 0.15) is 46.5 Å². The number of carbonyl (C=O) groups is 1. The third-order valence-corrected chi connectivity index (χ3v) is 3.80. The number of rotatable bonds is 4. The largest absolute Gasteiger partial charge is 0.338 e. The topological polar surface area (TPSA) is 32.3 Å². The van der Waals surface area contributed by atoms with Gasteiger partial charge in [0.25, 0.3) is 0 Å². The van der Waals surface area contributed by atoms with Crippen molar-refractivity contribution in [3.05, 3.63) is 0 Å². The highest BCUT2D eigenvalue weighted by molar-refractivity contribution is 5.82. The molecule has 1 aliphatic heterocycles. The molecule has 3 heteroatoms. The molecule has 2 rings (SSSR count). The highest BCUT2D eigenvalue weighted by Crippen LogP contribution is 2.29. The lowest BCUT2D eigenvalue weighted by molar-refractivity contribution is -0.135. The fourth-order valence-corrected chi connectivity index (χ4v) is 2.69. The Bertz CT molecular complexity index is 273. The monoisotopic (exact) mass is 238 g/mol. The molecule has 3 nitrogen and oxygen atoms in total. The van der Waals surface area contributed by atoms with Crippen molar-refractivity contribution in [2.45, 2.75) is 58.5 Å². The lowest BCUT2D eigenvalue weighted by Crippen LogP contribution is -2.51. The summed E-state index contributed by atoms with van der Waals surface area (Å²) in [5.74, 6) is 1.61. The lowest BCUT2D eigenvalue weighted by Gasteiger charge is -2.33. The first-order chi connectivity index (χ1) is 8.08. The first-order valence-electron chi connectivity index (χ1n) is 7.11. The van der Waals surface area contributed by atoms with Gasteiger partial charge in [0.2, 0.25) is 5.91 Å². The van der Waals surface area contributed by atoms with Crippen molar-refractivity contribution in [2.75, 3.05) is 13.1 Å². The molecule has 1 saturated carbocycles. The molecule has 0 radical (unpaired) electrons. The first-order valence-corrected chi connectivity index (χ1v) is 7.11. The fraction of sp³-hybridized carbons (Fsp3) is 0.929. The molecule has 2 fully saturated rings. The second kappa shape index (κ2) is 5.38. The highest BCUT2D eigenvalue weighted by atomic mass is 16.2. The van der Waals surface area contributed by atoms with Gasteiger partial charge in [-0.25, -0.2) is 0 Å². The van der Waals surface area contributed by atoms with Gasteiger partial charge in [0, 0.05) is 12.6 Å². The summed E-state index contributed by atoms with van der Waals surface area (Å²) < 4.78 is 0. The number of carbonyl (C=O) groups excluding carboxylic acids is 1. The third kappa shape index (κ3) is 3.44. The van der Waals surface area contributed by atoms with Crippen LogP contribution in [0.4, 0.5) is 0 Å². The normalized spacial score (nSPS) is 29.4. The SMILES string of the molecule is CC(C)CN(C(=O)C1CC(C)CCN1)C1CC1. The van der Waals surface area contributed by atoms with Crippen molar-refractivity contribution >= 4 is 5.91 Å². The van der Waals surface area contributed by atoms with Crippen molar-refractivity contribution in [2.24, 2.45) is 11.8 Å². The van der Waals surface area contributed by atoms with Gasteiger partial charge in [-0.1, -0.05) is 20.8 Å². The van der Waals surface area contributed by atoms with E-state index in [-0.39, 0.29) is 6.04 Å². The Balaban J connectivity index is 1.95. The van der Waals surface area contributed by atoms with E-state index in [9.17, 15) is 4.79 Å². The molecule has 1 amide bonds. The lowest BCUT2D eigenvalue weighted by atomic mass is 9.93. The Hall–Kier alpha value is -0.570. The van der Waals surface area contributed by atoms with Crippen LogP contribution in [0.15, 0.2) is 0 Å². The smallest absolute Gasteiger partial charge is 0.239 e. The van der Waals surface area contributed by atoms with E-state index in [0.29, 0.717) is 23.8 Å². The van der Waals surface area contributed by atoms with E-state index >= 15 is 0 Å². The molecule has 1 aliphatic carbocycles. The van der Waals surface area contributed by atoms with Crippen molar-refractivity contribution in [3.63, 3.8) is 0 Å². The van der Waals surface area contributed by atoms with Gasteiger partial charge in [-0.3, -0.25) is 4.79 Å². The number of nitrogens with one attached hydrogen (secondary N) is 1. The van der Waals surface area contributed by atoms with Crippen LogP contribution in [0.3, 0.4) is 0 Å². The van der Waals surface area contributed by atoms with Crippen LogP contribution in [-0.2, 0) is 4.79 Å². The summed E-state index contributed by atoms with van der Waals surface area (Å²) in [5.41, 5.74) is 0. The van der Waals surface area contributed by atoms with Crippen LogP contribution >= 0.6 is 0 Å². The van der Waals surface area contributed by atoms with Gasteiger partial charge >= 0.3 is 0 Å². The minimum absolute atomic E-state index is 0.0816. The van der Waals surface area contributed by atoms with Gasteiger partial charge in [0.1, 0.15) is 0 Å². The summed E-state index contributed by atoms with van der Waals surface area (Å²) in [5, 5.41) is 3.39. The maximum Gasteiger partial charge on any atom is 0.239 e. The second-order valence-corrected chi connectivity index (χ2v) is 6.25. The van der Waals surface area contributed by atoms with Crippen LogP contribution in [0.5, 0.6) is 0 Å². The molecule has 98 valence electrons. The Morgan fingerprint density at radius 3 is 2.59 bits per heavy atom. The predicted molar refractivity (Wildman–Crippen MR) is 69.8 cm³/mol. The van der Waals surface area contributed by atoms with Crippen molar-refractivity contribution in [3.8, 4) is 0 Å². The molecule has 0 spiro atoms. The summed E-state index contributed by atoms with van der Waals surface area (Å²) in [7, 11) is 0. The molecule has 2 aliphatic rings. The molecule has 0 aromatic rings. The van der Waals surface area contributed by atoms with Gasteiger partial charge in [-0.2, -0.15) is 0 Å². The molecule has 17 heavy (non-hydrogen) atoms. The molecule has 0 bridgehead atoms. The summed E-state index contributed by atoms with van der Waals surface area (Å²) in [6, 6.07) is 0.627. The molecular formula is C14H26N2O. The van der Waals surface area contributed by atoms with E-state index < -0.39 is 0 Å². The summed E-state index contributed by atoms with van der Waals surface area (Å²) in [4.78, 5) is 14.7.